The van der Waals surface area contributed by atoms with Crippen molar-refractivity contribution in [2.24, 2.45) is 0 Å². The maximum atomic E-state index is 13.7. The first-order valence-electron chi connectivity index (χ1n) is 9.24. The number of pyridine rings is 1. The lowest BCUT2D eigenvalue weighted by atomic mass is 9.99. The zero-order valence-corrected chi connectivity index (χ0v) is 16.7. The molecule has 0 aliphatic carbocycles. The van der Waals surface area contributed by atoms with Crippen molar-refractivity contribution in [2.75, 3.05) is 6.61 Å². The molecule has 0 unspecified atom stereocenters. The summed E-state index contributed by atoms with van der Waals surface area (Å²) in [6.07, 6.45) is 0. The Morgan fingerprint density at radius 3 is 2.37 bits per heavy atom. The number of para-hydroxylation sites is 1. The van der Waals surface area contributed by atoms with E-state index in [1.54, 1.807) is 0 Å². The molecule has 3 aromatic carbocycles. The lowest BCUT2D eigenvalue weighted by molar-refractivity contribution is 0.341. The molecular weight excluding hydrogens is 406 g/mol. The van der Waals surface area contributed by atoms with Crippen LogP contribution in [0.2, 0.25) is 5.02 Å². The third kappa shape index (κ3) is 3.47. The summed E-state index contributed by atoms with van der Waals surface area (Å²) in [7, 11) is 0. The molecule has 0 aliphatic heterocycles. The van der Waals surface area contributed by atoms with Crippen LogP contribution in [0.1, 0.15) is 12.5 Å². The molecule has 0 N–H and O–H groups in total. The number of aromatic nitrogens is 1. The zero-order valence-electron chi connectivity index (χ0n) is 15.9. The normalized spacial score (nSPS) is 10.8. The number of nitrogens with zero attached hydrogens (tertiary/aromatic N) is 2. The third-order valence-electron chi connectivity index (χ3n) is 4.73. The minimum atomic E-state index is -1.04. The highest BCUT2D eigenvalue weighted by Gasteiger charge is 2.18. The highest BCUT2D eigenvalue weighted by Crippen LogP contribution is 2.36. The van der Waals surface area contributed by atoms with E-state index in [0.717, 1.165) is 29.0 Å². The smallest absolute Gasteiger partial charge is 0.161 e. The van der Waals surface area contributed by atoms with Gasteiger partial charge in [0.2, 0.25) is 0 Å². The summed E-state index contributed by atoms with van der Waals surface area (Å²) in [4.78, 5) is 4.39. The molecule has 0 saturated carbocycles. The molecule has 0 bridgehead atoms. The number of nitriles is 1. The predicted molar refractivity (Wildman–Crippen MR) is 113 cm³/mol. The number of halogens is 3. The quantitative estimate of drug-likeness (QED) is 0.366. The average Bonchev–Trinajstić information content (AvgIpc) is 2.76. The molecule has 0 spiro atoms. The topological polar surface area (TPSA) is 45.9 Å². The molecule has 0 saturated heterocycles. The van der Waals surface area contributed by atoms with Gasteiger partial charge in [0.25, 0.3) is 0 Å². The van der Waals surface area contributed by atoms with Crippen LogP contribution in [0, 0.1) is 23.0 Å². The average molecular weight is 421 g/mol. The van der Waals surface area contributed by atoms with Crippen molar-refractivity contribution in [3.63, 3.8) is 0 Å². The molecular formula is C24H15ClF2N2O. The van der Waals surface area contributed by atoms with Crippen molar-refractivity contribution >= 4 is 22.5 Å². The molecule has 6 heteroatoms. The second-order valence-corrected chi connectivity index (χ2v) is 6.93. The Bertz CT molecular complexity index is 1300. The number of hydrogen-bond acceptors (Lipinski definition) is 3. The standard InChI is InChI=1S/C24H15ClF2N2O/c1-2-30-22-6-4-3-5-16(22)14-7-9-15(10-8-14)24-18(13-28)23(25)17-11-19(26)20(27)12-21(17)29-24/h3-12H,2H2,1H3. The largest absolute Gasteiger partial charge is 0.493 e. The first-order valence-corrected chi connectivity index (χ1v) is 9.62. The summed E-state index contributed by atoms with van der Waals surface area (Å²) in [5.41, 5.74) is 3.11. The van der Waals surface area contributed by atoms with Crippen molar-refractivity contribution < 1.29 is 13.5 Å². The van der Waals surface area contributed by atoms with Crippen LogP contribution < -0.4 is 4.74 Å². The van der Waals surface area contributed by atoms with Crippen LogP contribution in [0.25, 0.3) is 33.3 Å². The molecule has 4 rings (SSSR count). The van der Waals surface area contributed by atoms with Crippen LogP contribution in [0.4, 0.5) is 8.78 Å². The van der Waals surface area contributed by atoms with E-state index in [-0.39, 0.29) is 21.5 Å². The summed E-state index contributed by atoms with van der Waals surface area (Å²) in [5.74, 6) is -1.29. The molecule has 0 radical (unpaired) electrons. The molecule has 4 aromatic rings. The van der Waals surface area contributed by atoms with Crippen molar-refractivity contribution in [1.29, 1.82) is 5.26 Å². The molecule has 0 fully saturated rings. The van der Waals surface area contributed by atoms with Crippen LogP contribution in [0.15, 0.2) is 60.7 Å². The summed E-state index contributed by atoms with van der Waals surface area (Å²) < 4.78 is 33.0. The van der Waals surface area contributed by atoms with Gasteiger partial charge in [-0.25, -0.2) is 13.8 Å². The summed E-state index contributed by atoms with van der Waals surface area (Å²) >= 11 is 6.34. The van der Waals surface area contributed by atoms with Gasteiger partial charge in [0.1, 0.15) is 11.8 Å². The molecule has 148 valence electrons. The molecule has 0 atom stereocenters. The monoisotopic (exact) mass is 420 g/mol. The van der Waals surface area contributed by atoms with E-state index in [4.69, 9.17) is 16.3 Å². The first-order chi connectivity index (χ1) is 14.5. The number of ether oxygens (including phenoxy) is 1. The minimum Gasteiger partial charge on any atom is -0.493 e. The Hall–Kier alpha value is -3.49. The molecule has 0 aliphatic rings. The first kappa shape index (κ1) is 19.8. The van der Waals surface area contributed by atoms with E-state index in [9.17, 15) is 14.0 Å². The van der Waals surface area contributed by atoms with Gasteiger partial charge < -0.3 is 4.74 Å². The van der Waals surface area contributed by atoms with E-state index >= 15 is 0 Å². The molecule has 1 heterocycles. The molecule has 0 amide bonds. The number of rotatable bonds is 4. The van der Waals surface area contributed by atoms with Gasteiger partial charge in [-0.15, -0.1) is 0 Å². The fourth-order valence-corrected chi connectivity index (χ4v) is 3.61. The van der Waals surface area contributed by atoms with Crippen LogP contribution in [0.3, 0.4) is 0 Å². The Balaban J connectivity index is 1.84. The van der Waals surface area contributed by atoms with E-state index in [1.165, 1.54) is 0 Å². The van der Waals surface area contributed by atoms with Crippen LogP contribution >= 0.6 is 11.6 Å². The maximum absolute atomic E-state index is 13.7. The number of hydrogen-bond donors (Lipinski definition) is 0. The Labute approximate surface area is 177 Å². The Kier molecular flexibility index (Phi) is 5.35. The second kappa shape index (κ2) is 8.10. The fourth-order valence-electron chi connectivity index (χ4n) is 3.32. The van der Waals surface area contributed by atoms with E-state index in [2.05, 4.69) is 4.98 Å². The van der Waals surface area contributed by atoms with Gasteiger partial charge in [0, 0.05) is 22.6 Å². The third-order valence-corrected chi connectivity index (χ3v) is 5.12. The van der Waals surface area contributed by atoms with Gasteiger partial charge in [-0.2, -0.15) is 5.26 Å². The Morgan fingerprint density at radius 2 is 1.67 bits per heavy atom. The van der Waals surface area contributed by atoms with Crippen molar-refractivity contribution in [2.45, 2.75) is 6.92 Å². The van der Waals surface area contributed by atoms with Crippen LogP contribution in [0.5, 0.6) is 5.75 Å². The van der Waals surface area contributed by atoms with Crippen LogP contribution in [-0.2, 0) is 0 Å². The highest BCUT2D eigenvalue weighted by molar-refractivity contribution is 6.37. The van der Waals surface area contributed by atoms with Crippen molar-refractivity contribution in [1.82, 2.24) is 4.98 Å². The SMILES string of the molecule is CCOc1ccccc1-c1ccc(-c2nc3cc(F)c(F)cc3c(Cl)c2C#N)cc1. The van der Waals surface area contributed by atoms with Gasteiger partial charge in [-0.3, -0.25) is 0 Å². The highest BCUT2D eigenvalue weighted by atomic mass is 35.5. The number of benzene rings is 3. The van der Waals surface area contributed by atoms with Crippen molar-refractivity contribution in [3.05, 3.63) is 82.9 Å². The maximum Gasteiger partial charge on any atom is 0.161 e. The van der Waals surface area contributed by atoms with Crippen LogP contribution in [-0.4, -0.2) is 11.6 Å². The molecule has 3 nitrogen and oxygen atoms in total. The van der Waals surface area contributed by atoms with E-state index in [1.807, 2.05) is 61.5 Å². The Morgan fingerprint density at radius 1 is 1.00 bits per heavy atom. The van der Waals surface area contributed by atoms with E-state index < -0.39 is 11.6 Å². The van der Waals surface area contributed by atoms with Gasteiger partial charge in [0.15, 0.2) is 11.6 Å². The fraction of sp³-hybridized carbons (Fsp3) is 0.0833. The lowest BCUT2D eigenvalue weighted by Gasteiger charge is -2.12. The van der Waals surface area contributed by atoms with E-state index in [0.29, 0.717) is 17.9 Å². The van der Waals surface area contributed by atoms with Crippen molar-refractivity contribution in [3.8, 4) is 34.2 Å². The summed E-state index contributed by atoms with van der Waals surface area (Å²) in [6.45, 7) is 2.48. The van der Waals surface area contributed by atoms with Gasteiger partial charge in [-0.1, -0.05) is 54.1 Å². The zero-order chi connectivity index (χ0) is 21.3. The molecule has 1 aromatic heterocycles. The minimum absolute atomic E-state index is 0.0437. The number of fused-ring (bicyclic) bond motifs is 1. The second-order valence-electron chi connectivity index (χ2n) is 6.55. The predicted octanol–water partition coefficient (Wildman–Crippen LogP) is 6.77. The summed E-state index contributed by atoms with van der Waals surface area (Å²) in [5, 5.41) is 9.85. The lowest BCUT2D eigenvalue weighted by Crippen LogP contribution is -1.96. The summed E-state index contributed by atoms with van der Waals surface area (Å²) in [6, 6.07) is 19.1. The molecule has 30 heavy (non-hydrogen) atoms. The van der Waals surface area contributed by atoms with Gasteiger partial charge in [-0.05, 0) is 24.6 Å². The van der Waals surface area contributed by atoms with Gasteiger partial charge >= 0.3 is 0 Å². The van der Waals surface area contributed by atoms with Gasteiger partial charge in [0.05, 0.1) is 28.4 Å².